The van der Waals surface area contributed by atoms with Crippen LogP contribution in [-0.2, 0) is 6.54 Å². The molecule has 2 aromatic rings. The number of amides is 1. The molecule has 2 fully saturated rings. The number of rotatable bonds is 4. The lowest BCUT2D eigenvalue weighted by Crippen LogP contribution is -2.50. The molecule has 2 atom stereocenters. The fourth-order valence-corrected chi connectivity index (χ4v) is 5.09. The highest BCUT2D eigenvalue weighted by molar-refractivity contribution is 6.33. The van der Waals surface area contributed by atoms with E-state index in [1.54, 1.807) is 0 Å². The summed E-state index contributed by atoms with van der Waals surface area (Å²) >= 11 is 6.04. The molecule has 5 nitrogen and oxygen atoms in total. The molecule has 0 aromatic heterocycles. The second-order valence-electron chi connectivity index (χ2n) is 8.01. The van der Waals surface area contributed by atoms with Crippen LogP contribution in [0.5, 0.6) is 11.5 Å². The van der Waals surface area contributed by atoms with Gasteiger partial charge in [0, 0.05) is 24.7 Å². The normalized spacial score (nSPS) is 25.2. The van der Waals surface area contributed by atoms with E-state index in [1.165, 1.54) is 23.8 Å². The van der Waals surface area contributed by atoms with Crippen molar-refractivity contribution in [2.24, 2.45) is 0 Å². The predicted octanol–water partition coefficient (Wildman–Crippen LogP) is 4.13. The molecule has 29 heavy (non-hydrogen) atoms. The third-order valence-electron chi connectivity index (χ3n) is 6.20. The van der Waals surface area contributed by atoms with Gasteiger partial charge in [-0.05, 0) is 61.6 Å². The number of nitrogens with zero attached hydrogens (tertiary/aromatic N) is 1. The molecule has 5 rings (SSSR count). The maximum absolute atomic E-state index is 13.2. The fraction of sp³-hybridized carbons (Fsp3) is 0.409. The van der Waals surface area contributed by atoms with Gasteiger partial charge in [0.25, 0.3) is 5.91 Å². The molecule has 0 spiro atoms. The first-order chi connectivity index (χ1) is 14.1. The zero-order chi connectivity index (χ0) is 20.0. The van der Waals surface area contributed by atoms with Gasteiger partial charge in [-0.3, -0.25) is 9.69 Å². The van der Waals surface area contributed by atoms with Crippen molar-refractivity contribution in [1.29, 1.82) is 0 Å². The van der Waals surface area contributed by atoms with E-state index in [-0.39, 0.29) is 23.8 Å². The number of carbonyl (C=O) groups is 1. The monoisotopic (exact) mass is 416 g/mol. The summed E-state index contributed by atoms with van der Waals surface area (Å²) in [5.41, 5.74) is 1.54. The van der Waals surface area contributed by atoms with E-state index in [0.29, 0.717) is 17.6 Å². The largest absolute Gasteiger partial charge is 0.454 e. The van der Waals surface area contributed by atoms with Gasteiger partial charge in [-0.25, -0.2) is 4.39 Å². The maximum atomic E-state index is 13.2. The van der Waals surface area contributed by atoms with Crippen LogP contribution in [0.3, 0.4) is 0 Å². The van der Waals surface area contributed by atoms with Crippen LogP contribution in [-0.4, -0.2) is 35.7 Å². The minimum atomic E-state index is -0.443. The summed E-state index contributed by atoms with van der Waals surface area (Å²) in [5, 5.41) is 3.25. The second-order valence-corrected chi connectivity index (χ2v) is 8.42. The van der Waals surface area contributed by atoms with Gasteiger partial charge < -0.3 is 14.8 Å². The predicted molar refractivity (Wildman–Crippen MR) is 107 cm³/mol. The second kappa shape index (κ2) is 7.50. The molecule has 3 heterocycles. The van der Waals surface area contributed by atoms with Gasteiger partial charge in [-0.1, -0.05) is 17.7 Å². The highest BCUT2D eigenvalue weighted by atomic mass is 35.5. The van der Waals surface area contributed by atoms with E-state index in [9.17, 15) is 9.18 Å². The molecule has 1 amide bonds. The van der Waals surface area contributed by atoms with E-state index in [2.05, 4.69) is 22.3 Å². The van der Waals surface area contributed by atoms with Crippen LogP contribution >= 0.6 is 11.6 Å². The molecule has 2 unspecified atom stereocenters. The summed E-state index contributed by atoms with van der Waals surface area (Å²) in [5.74, 6) is 0.941. The standard InChI is InChI=1S/C22H22ClFN2O3/c23-19-8-14(24)2-5-18(19)22(27)25-15-9-16-3-4-17(10-15)26(16)11-13-1-6-20-21(7-13)29-12-28-20/h1-2,5-8,15-17H,3-4,9-12H2,(H,25,27). The Labute approximate surface area is 173 Å². The molecule has 0 aliphatic carbocycles. The van der Waals surface area contributed by atoms with E-state index in [1.807, 2.05) is 6.07 Å². The third kappa shape index (κ3) is 3.67. The van der Waals surface area contributed by atoms with Crippen molar-refractivity contribution in [3.8, 4) is 11.5 Å². The van der Waals surface area contributed by atoms with E-state index >= 15 is 0 Å². The summed E-state index contributed by atoms with van der Waals surface area (Å²) in [4.78, 5) is 15.1. The first-order valence-electron chi connectivity index (χ1n) is 9.97. The van der Waals surface area contributed by atoms with Crippen LogP contribution in [0.25, 0.3) is 0 Å². The first-order valence-corrected chi connectivity index (χ1v) is 10.3. The molecule has 1 N–H and O–H groups in total. The van der Waals surface area contributed by atoms with Crippen LogP contribution in [0, 0.1) is 5.82 Å². The molecule has 3 aliphatic rings. The number of nitrogens with one attached hydrogen (secondary N) is 1. The van der Waals surface area contributed by atoms with Crippen LogP contribution in [0.15, 0.2) is 36.4 Å². The Balaban J connectivity index is 1.23. The number of carbonyl (C=O) groups excluding carboxylic acids is 1. The highest BCUT2D eigenvalue weighted by Gasteiger charge is 2.41. The van der Waals surface area contributed by atoms with Gasteiger partial charge in [-0.2, -0.15) is 0 Å². The topological polar surface area (TPSA) is 50.8 Å². The Kier molecular flexibility index (Phi) is 4.84. The van der Waals surface area contributed by atoms with Crippen LogP contribution in [0.1, 0.15) is 41.6 Å². The quantitative estimate of drug-likeness (QED) is 0.814. The van der Waals surface area contributed by atoms with Gasteiger partial charge in [0.1, 0.15) is 5.82 Å². The Hall–Kier alpha value is -2.31. The SMILES string of the molecule is O=C(NC1CC2CCC(C1)N2Cc1ccc2c(c1)OCO2)c1ccc(F)cc1Cl. The van der Waals surface area contributed by atoms with Crippen molar-refractivity contribution in [3.05, 3.63) is 58.4 Å². The van der Waals surface area contributed by atoms with E-state index in [4.69, 9.17) is 21.1 Å². The number of benzene rings is 2. The van der Waals surface area contributed by atoms with Crippen LogP contribution in [0.4, 0.5) is 4.39 Å². The molecule has 0 radical (unpaired) electrons. The molecule has 2 saturated heterocycles. The lowest BCUT2D eigenvalue weighted by molar-refractivity contribution is 0.0827. The summed E-state index contributed by atoms with van der Waals surface area (Å²) in [6.07, 6.45) is 4.09. The van der Waals surface area contributed by atoms with Gasteiger partial charge >= 0.3 is 0 Å². The number of hydrogen-bond acceptors (Lipinski definition) is 4. The number of piperidine rings is 1. The maximum Gasteiger partial charge on any atom is 0.253 e. The lowest BCUT2D eigenvalue weighted by Gasteiger charge is -2.39. The minimum Gasteiger partial charge on any atom is -0.454 e. The zero-order valence-electron chi connectivity index (χ0n) is 15.9. The summed E-state index contributed by atoms with van der Waals surface area (Å²) < 4.78 is 24.1. The molecule has 2 aromatic carbocycles. The molecular weight excluding hydrogens is 395 g/mol. The molecule has 2 bridgehead atoms. The molecule has 152 valence electrons. The van der Waals surface area contributed by atoms with Crippen molar-refractivity contribution in [1.82, 2.24) is 10.2 Å². The number of fused-ring (bicyclic) bond motifs is 3. The van der Waals surface area contributed by atoms with Gasteiger partial charge in [0.2, 0.25) is 6.79 Å². The Bertz CT molecular complexity index is 940. The summed E-state index contributed by atoms with van der Waals surface area (Å²) in [6.45, 7) is 1.16. The molecule has 3 aliphatic heterocycles. The van der Waals surface area contributed by atoms with Crippen molar-refractivity contribution in [2.75, 3.05) is 6.79 Å². The number of hydrogen-bond donors (Lipinski definition) is 1. The molecule has 7 heteroatoms. The van der Waals surface area contributed by atoms with Gasteiger partial charge in [0.05, 0.1) is 10.6 Å². The highest BCUT2D eigenvalue weighted by Crippen LogP contribution is 2.39. The molecule has 0 saturated carbocycles. The Morgan fingerprint density at radius 1 is 1.10 bits per heavy atom. The minimum absolute atomic E-state index is 0.106. The van der Waals surface area contributed by atoms with Crippen molar-refractivity contribution in [3.63, 3.8) is 0 Å². The van der Waals surface area contributed by atoms with Gasteiger partial charge in [0.15, 0.2) is 11.5 Å². The number of ether oxygens (including phenoxy) is 2. The van der Waals surface area contributed by atoms with Gasteiger partial charge in [-0.15, -0.1) is 0 Å². The Morgan fingerprint density at radius 2 is 1.86 bits per heavy atom. The lowest BCUT2D eigenvalue weighted by atomic mass is 9.96. The fourth-order valence-electron chi connectivity index (χ4n) is 4.84. The van der Waals surface area contributed by atoms with E-state index in [0.717, 1.165) is 43.7 Å². The molecular formula is C22H22ClFN2O3. The zero-order valence-corrected chi connectivity index (χ0v) is 16.6. The van der Waals surface area contributed by atoms with E-state index < -0.39 is 5.82 Å². The van der Waals surface area contributed by atoms with Crippen molar-refractivity contribution in [2.45, 2.75) is 50.4 Å². The Morgan fingerprint density at radius 3 is 2.62 bits per heavy atom. The van der Waals surface area contributed by atoms with Crippen molar-refractivity contribution >= 4 is 17.5 Å². The summed E-state index contributed by atoms with van der Waals surface area (Å²) in [7, 11) is 0. The third-order valence-corrected chi connectivity index (χ3v) is 6.51. The van der Waals surface area contributed by atoms with Crippen LogP contribution < -0.4 is 14.8 Å². The van der Waals surface area contributed by atoms with Crippen molar-refractivity contribution < 1.29 is 18.7 Å². The average molecular weight is 417 g/mol. The smallest absolute Gasteiger partial charge is 0.253 e. The summed E-state index contributed by atoms with van der Waals surface area (Å²) in [6, 6.07) is 11.0. The average Bonchev–Trinajstić information content (AvgIpc) is 3.23. The number of halogens is 2. The first kappa shape index (κ1) is 18.7. The van der Waals surface area contributed by atoms with Crippen LogP contribution in [0.2, 0.25) is 5.02 Å².